The third-order valence-electron chi connectivity index (χ3n) is 4.56. The third kappa shape index (κ3) is 3.55. The lowest BCUT2D eigenvalue weighted by Gasteiger charge is -2.33. The van der Waals surface area contributed by atoms with Gasteiger partial charge in [-0.25, -0.2) is 4.39 Å². The maximum atomic E-state index is 14.0. The molecule has 0 radical (unpaired) electrons. The number of nitrogens with one attached hydrogen (secondary N) is 1. The van der Waals surface area contributed by atoms with Gasteiger partial charge in [0.25, 0.3) is 0 Å². The standard InChI is InChI=1S/C17H28FN3/c1-12-9-17(15(10-16(12)18)14(3)19-4)21-8-6-7-20(5)11-13(21)2/h9-10,13-14,19H,6-8,11H2,1-5H3. The molecule has 1 aromatic carbocycles. The highest BCUT2D eigenvalue weighted by molar-refractivity contribution is 5.58. The topological polar surface area (TPSA) is 18.5 Å². The molecular weight excluding hydrogens is 265 g/mol. The fourth-order valence-corrected chi connectivity index (χ4v) is 3.16. The Labute approximate surface area is 128 Å². The Bertz CT molecular complexity index is 489. The van der Waals surface area contributed by atoms with Crippen molar-refractivity contribution in [3.63, 3.8) is 0 Å². The maximum Gasteiger partial charge on any atom is 0.126 e. The van der Waals surface area contributed by atoms with E-state index in [0.717, 1.165) is 37.2 Å². The first kappa shape index (κ1) is 16.2. The molecule has 0 amide bonds. The van der Waals surface area contributed by atoms with E-state index < -0.39 is 0 Å². The lowest BCUT2D eigenvalue weighted by atomic mass is 10.0. The molecule has 2 unspecified atom stereocenters. The molecule has 1 saturated heterocycles. The summed E-state index contributed by atoms with van der Waals surface area (Å²) in [6.45, 7) is 9.39. The van der Waals surface area contributed by atoms with E-state index in [9.17, 15) is 4.39 Å². The summed E-state index contributed by atoms with van der Waals surface area (Å²) in [6, 6.07) is 4.29. The van der Waals surface area contributed by atoms with Gasteiger partial charge in [-0.1, -0.05) is 0 Å². The number of likely N-dealkylation sites (N-methyl/N-ethyl adjacent to an activating group) is 1. The molecule has 21 heavy (non-hydrogen) atoms. The zero-order chi connectivity index (χ0) is 15.6. The van der Waals surface area contributed by atoms with Crippen LogP contribution in [0.3, 0.4) is 0 Å². The molecule has 1 aromatic rings. The summed E-state index contributed by atoms with van der Waals surface area (Å²) in [5, 5.41) is 3.24. The Morgan fingerprint density at radius 1 is 1.33 bits per heavy atom. The lowest BCUT2D eigenvalue weighted by molar-refractivity contribution is 0.337. The van der Waals surface area contributed by atoms with E-state index in [4.69, 9.17) is 0 Å². The normalized spacial score (nSPS) is 22.2. The van der Waals surface area contributed by atoms with Crippen LogP contribution in [0.25, 0.3) is 0 Å². The van der Waals surface area contributed by atoms with E-state index >= 15 is 0 Å². The van der Waals surface area contributed by atoms with Crippen molar-refractivity contribution in [2.45, 2.75) is 39.3 Å². The van der Waals surface area contributed by atoms with Gasteiger partial charge >= 0.3 is 0 Å². The summed E-state index contributed by atoms with van der Waals surface area (Å²) in [5.41, 5.74) is 2.96. The van der Waals surface area contributed by atoms with Crippen LogP contribution in [0.15, 0.2) is 12.1 Å². The van der Waals surface area contributed by atoms with E-state index in [1.165, 1.54) is 5.69 Å². The SMILES string of the molecule is CNC(C)c1cc(F)c(C)cc1N1CCCN(C)CC1C. The number of aryl methyl sites for hydroxylation is 1. The van der Waals surface area contributed by atoms with Gasteiger partial charge in [0.2, 0.25) is 0 Å². The van der Waals surface area contributed by atoms with Gasteiger partial charge in [-0.05, 0) is 71.1 Å². The van der Waals surface area contributed by atoms with Crippen molar-refractivity contribution in [2.75, 3.05) is 38.6 Å². The van der Waals surface area contributed by atoms with Gasteiger partial charge in [-0.15, -0.1) is 0 Å². The fourth-order valence-electron chi connectivity index (χ4n) is 3.16. The number of hydrogen-bond acceptors (Lipinski definition) is 3. The molecule has 118 valence electrons. The number of benzene rings is 1. The van der Waals surface area contributed by atoms with Crippen molar-refractivity contribution in [1.82, 2.24) is 10.2 Å². The highest BCUT2D eigenvalue weighted by Crippen LogP contribution is 2.31. The predicted molar refractivity (Wildman–Crippen MR) is 87.5 cm³/mol. The lowest BCUT2D eigenvalue weighted by Crippen LogP contribution is -2.39. The van der Waals surface area contributed by atoms with Crippen molar-refractivity contribution in [3.8, 4) is 0 Å². The smallest absolute Gasteiger partial charge is 0.126 e. The molecule has 0 aromatic heterocycles. The summed E-state index contributed by atoms with van der Waals surface area (Å²) in [5.74, 6) is -0.115. The minimum Gasteiger partial charge on any atom is -0.367 e. The maximum absolute atomic E-state index is 14.0. The van der Waals surface area contributed by atoms with Gasteiger partial charge in [-0.3, -0.25) is 0 Å². The molecule has 3 nitrogen and oxygen atoms in total. The van der Waals surface area contributed by atoms with E-state index in [1.54, 1.807) is 6.07 Å². The van der Waals surface area contributed by atoms with Gasteiger partial charge in [-0.2, -0.15) is 0 Å². The summed E-state index contributed by atoms with van der Waals surface area (Å²) in [7, 11) is 4.10. The first-order valence-corrected chi connectivity index (χ1v) is 7.86. The summed E-state index contributed by atoms with van der Waals surface area (Å²) in [6.07, 6.45) is 1.14. The minimum atomic E-state index is -0.115. The Morgan fingerprint density at radius 2 is 2.05 bits per heavy atom. The van der Waals surface area contributed by atoms with Crippen LogP contribution in [0.5, 0.6) is 0 Å². The van der Waals surface area contributed by atoms with Crippen LogP contribution in [0, 0.1) is 12.7 Å². The van der Waals surface area contributed by atoms with Crippen LogP contribution in [0.1, 0.15) is 37.4 Å². The second-order valence-electron chi connectivity index (χ2n) is 6.33. The number of anilines is 1. The Kier molecular flexibility index (Phi) is 5.22. The molecule has 0 aliphatic carbocycles. The Balaban J connectivity index is 2.43. The highest BCUT2D eigenvalue weighted by Gasteiger charge is 2.24. The number of hydrogen-bond donors (Lipinski definition) is 1. The van der Waals surface area contributed by atoms with Crippen LogP contribution < -0.4 is 10.2 Å². The molecule has 4 heteroatoms. The van der Waals surface area contributed by atoms with Crippen molar-refractivity contribution in [1.29, 1.82) is 0 Å². The van der Waals surface area contributed by atoms with Crippen molar-refractivity contribution >= 4 is 5.69 Å². The zero-order valence-corrected chi connectivity index (χ0v) is 13.9. The van der Waals surface area contributed by atoms with Crippen molar-refractivity contribution in [3.05, 3.63) is 29.1 Å². The molecule has 0 saturated carbocycles. The van der Waals surface area contributed by atoms with Crippen LogP contribution in [0.4, 0.5) is 10.1 Å². The molecule has 1 fully saturated rings. The fraction of sp³-hybridized carbons (Fsp3) is 0.647. The molecule has 1 N–H and O–H groups in total. The monoisotopic (exact) mass is 293 g/mol. The van der Waals surface area contributed by atoms with Gasteiger partial charge in [0.05, 0.1) is 0 Å². The van der Waals surface area contributed by atoms with Gasteiger partial charge < -0.3 is 15.1 Å². The zero-order valence-electron chi connectivity index (χ0n) is 13.9. The van der Waals surface area contributed by atoms with Crippen LogP contribution >= 0.6 is 0 Å². The quantitative estimate of drug-likeness (QED) is 0.924. The molecule has 1 heterocycles. The van der Waals surface area contributed by atoms with E-state index in [0.29, 0.717) is 6.04 Å². The Hall–Kier alpha value is -1.13. The van der Waals surface area contributed by atoms with Crippen molar-refractivity contribution < 1.29 is 4.39 Å². The average Bonchev–Trinajstić information content (AvgIpc) is 2.61. The first-order chi connectivity index (χ1) is 9.93. The molecule has 2 rings (SSSR count). The van der Waals surface area contributed by atoms with E-state index in [1.807, 2.05) is 20.0 Å². The third-order valence-corrected chi connectivity index (χ3v) is 4.56. The average molecular weight is 293 g/mol. The first-order valence-electron chi connectivity index (χ1n) is 7.86. The van der Waals surface area contributed by atoms with E-state index in [-0.39, 0.29) is 11.9 Å². The van der Waals surface area contributed by atoms with Gasteiger partial charge in [0.15, 0.2) is 0 Å². The van der Waals surface area contributed by atoms with Crippen LogP contribution in [0.2, 0.25) is 0 Å². The Morgan fingerprint density at radius 3 is 2.71 bits per heavy atom. The summed E-state index contributed by atoms with van der Waals surface area (Å²) in [4.78, 5) is 4.82. The number of halogens is 1. The van der Waals surface area contributed by atoms with E-state index in [2.05, 4.69) is 36.0 Å². The molecule has 0 spiro atoms. The van der Waals surface area contributed by atoms with Crippen LogP contribution in [-0.2, 0) is 0 Å². The predicted octanol–water partition coefficient (Wildman–Crippen LogP) is 2.94. The molecule has 1 aliphatic rings. The molecule has 1 aliphatic heterocycles. The molecular formula is C17H28FN3. The second-order valence-corrected chi connectivity index (χ2v) is 6.33. The minimum absolute atomic E-state index is 0.115. The van der Waals surface area contributed by atoms with Crippen LogP contribution in [-0.4, -0.2) is 44.7 Å². The summed E-state index contributed by atoms with van der Waals surface area (Å²) < 4.78 is 14.0. The molecule has 0 bridgehead atoms. The summed E-state index contributed by atoms with van der Waals surface area (Å²) >= 11 is 0. The van der Waals surface area contributed by atoms with Gasteiger partial charge in [0.1, 0.15) is 5.82 Å². The largest absolute Gasteiger partial charge is 0.367 e. The number of nitrogens with zero attached hydrogens (tertiary/aromatic N) is 2. The highest BCUT2D eigenvalue weighted by atomic mass is 19.1. The number of rotatable bonds is 3. The van der Waals surface area contributed by atoms with Gasteiger partial charge in [0, 0.05) is 30.9 Å². The second kappa shape index (κ2) is 6.75. The molecule has 2 atom stereocenters. The van der Waals surface area contributed by atoms with Crippen molar-refractivity contribution in [2.24, 2.45) is 0 Å².